The number of methoxy groups -OCH3 is 1. The van der Waals surface area contributed by atoms with Crippen LogP contribution >= 0.6 is 23.2 Å². The van der Waals surface area contributed by atoms with Gasteiger partial charge in [0.2, 0.25) is 0 Å². The third kappa shape index (κ3) is 9.92. The summed E-state index contributed by atoms with van der Waals surface area (Å²) in [5.41, 5.74) is 2.56. The van der Waals surface area contributed by atoms with Crippen molar-refractivity contribution in [3.05, 3.63) is 99.8 Å². The SMILES string of the molecule is COc1ccc(-n2cnnn2)cc1C(=O)N(C)CC(CCN1CCC(NC(=O)N2CCN(CCC(=O)O)CC2)(c2ccccc2)CC1)c1ccc(Cl)c(Cl)c1. The van der Waals surface area contributed by atoms with Crippen LogP contribution < -0.4 is 10.1 Å². The van der Waals surface area contributed by atoms with E-state index in [0.29, 0.717) is 66.3 Å². The topological polar surface area (TPSA) is 149 Å². The number of nitrogens with zero attached hydrogens (tertiary/aromatic N) is 8. The molecule has 14 nitrogen and oxygen atoms in total. The number of urea groups is 1. The van der Waals surface area contributed by atoms with E-state index in [1.807, 2.05) is 35.2 Å². The highest BCUT2D eigenvalue weighted by Gasteiger charge is 2.39. The fourth-order valence-electron chi connectivity index (χ4n) is 7.49. The highest BCUT2D eigenvalue weighted by molar-refractivity contribution is 6.42. The third-order valence-corrected chi connectivity index (χ3v) is 11.5. The summed E-state index contributed by atoms with van der Waals surface area (Å²) in [5.74, 6) is -0.642. The Labute approximate surface area is 330 Å². The molecule has 2 fully saturated rings. The number of ether oxygens (including phenoxy) is 1. The molecule has 3 heterocycles. The van der Waals surface area contributed by atoms with Crippen molar-refractivity contribution in [2.75, 3.05) is 73.1 Å². The van der Waals surface area contributed by atoms with Crippen molar-refractivity contribution in [3.63, 3.8) is 0 Å². The molecule has 1 unspecified atom stereocenters. The lowest BCUT2D eigenvalue weighted by molar-refractivity contribution is -0.137. The molecular weight excluding hydrogens is 745 g/mol. The summed E-state index contributed by atoms with van der Waals surface area (Å²) in [6, 6.07) is 20.9. The maximum atomic E-state index is 14.0. The lowest BCUT2D eigenvalue weighted by Crippen LogP contribution is -2.59. The number of nitrogens with one attached hydrogen (secondary N) is 1. The molecule has 1 atom stereocenters. The number of carbonyl (C=O) groups excluding carboxylic acids is 2. The molecule has 0 radical (unpaired) electrons. The van der Waals surface area contributed by atoms with Gasteiger partial charge in [-0.1, -0.05) is 59.6 Å². The van der Waals surface area contributed by atoms with Gasteiger partial charge in [0.1, 0.15) is 12.1 Å². The minimum absolute atomic E-state index is 0.0629. The number of rotatable bonds is 14. The van der Waals surface area contributed by atoms with Crippen molar-refractivity contribution in [1.82, 2.24) is 45.1 Å². The van der Waals surface area contributed by atoms with E-state index in [0.717, 1.165) is 50.0 Å². The first kappa shape index (κ1) is 39.9. The molecule has 0 saturated carbocycles. The zero-order valence-corrected chi connectivity index (χ0v) is 32.6. The van der Waals surface area contributed by atoms with Gasteiger partial charge in [0.25, 0.3) is 5.91 Å². The predicted octanol–water partition coefficient (Wildman–Crippen LogP) is 5.02. The quantitative estimate of drug-likeness (QED) is 0.179. The Morgan fingerprint density at radius 2 is 1.65 bits per heavy atom. The molecule has 2 saturated heterocycles. The summed E-state index contributed by atoms with van der Waals surface area (Å²) in [6.45, 7) is 5.59. The Morgan fingerprint density at radius 1 is 0.927 bits per heavy atom. The van der Waals surface area contributed by atoms with Crippen molar-refractivity contribution in [3.8, 4) is 11.4 Å². The van der Waals surface area contributed by atoms with Gasteiger partial charge in [0.15, 0.2) is 0 Å². The van der Waals surface area contributed by atoms with Gasteiger partial charge in [0.05, 0.1) is 40.4 Å². The van der Waals surface area contributed by atoms with Crippen molar-refractivity contribution < 1.29 is 24.2 Å². The summed E-state index contributed by atoms with van der Waals surface area (Å²) in [6.07, 6.45) is 3.77. The van der Waals surface area contributed by atoms with E-state index in [1.165, 1.54) is 18.1 Å². The maximum Gasteiger partial charge on any atom is 0.318 e. The summed E-state index contributed by atoms with van der Waals surface area (Å²) < 4.78 is 7.05. The number of piperidine rings is 1. The van der Waals surface area contributed by atoms with Crippen LogP contribution in [-0.2, 0) is 10.3 Å². The van der Waals surface area contributed by atoms with Crippen LogP contribution in [0.25, 0.3) is 5.69 Å². The van der Waals surface area contributed by atoms with Gasteiger partial charge in [-0.2, -0.15) is 0 Å². The minimum atomic E-state index is -0.815. The third-order valence-electron chi connectivity index (χ3n) is 10.8. The molecule has 292 valence electrons. The number of hydrogen-bond donors (Lipinski definition) is 2. The Bertz CT molecular complexity index is 1920. The standard InChI is InChI=1S/C39H47Cl2N9O5/c1-46(37(53)32-25-31(9-11-35(32)55-2)50-27-42-44-45-50)26-29(28-8-10-33(40)34(41)24-28)12-16-47-18-14-39(15-19-47,30-6-4-3-5-7-30)43-38(54)49-22-20-48(21-23-49)17-13-36(51)52/h3-11,24-25,27,29H,12-23,26H2,1-2H3,(H,43,54)(H,51,52). The number of likely N-dealkylation sites (N-methyl/N-ethyl adjacent to an activating group) is 1. The molecule has 6 rings (SSSR count). The Balaban J connectivity index is 1.13. The second-order valence-electron chi connectivity index (χ2n) is 14.2. The second kappa shape index (κ2) is 18.2. The van der Waals surface area contributed by atoms with E-state index in [1.54, 1.807) is 36.2 Å². The lowest BCUT2D eigenvalue weighted by atomic mass is 9.80. The predicted molar refractivity (Wildman–Crippen MR) is 209 cm³/mol. The van der Waals surface area contributed by atoms with E-state index in [2.05, 4.69) is 42.8 Å². The molecule has 0 bridgehead atoms. The monoisotopic (exact) mass is 791 g/mol. The Kier molecular flexibility index (Phi) is 13.2. The van der Waals surface area contributed by atoms with E-state index in [-0.39, 0.29) is 24.3 Å². The number of carboxylic acid groups (broad SMARTS) is 1. The number of halogens is 2. The van der Waals surface area contributed by atoms with Crippen molar-refractivity contribution in [2.24, 2.45) is 0 Å². The molecule has 16 heteroatoms. The molecule has 1 aromatic heterocycles. The highest BCUT2D eigenvalue weighted by Crippen LogP contribution is 2.35. The number of hydrogen-bond acceptors (Lipinski definition) is 9. The van der Waals surface area contributed by atoms with E-state index in [4.69, 9.17) is 33.0 Å². The summed E-state index contributed by atoms with van der Waals surface area (Å²) in [4.78, 5) is 46.8. The number of carbonyl (C=O) groups is 3. The number of carboxylic acids is 1. The van der Waals surface area contributed by atoms with Crippen LogP contribution in [0.15, 0.2) is 73.1 Å². The number of aliphatic carboxylic acids is 1. The number of likely N-dealkylation sites (tertiary alicyclic amines) is 1. The Morgan fingerprint density at radius 3 is 2.31 bits per heavy atom. The highest BCUT2D eigenvalue weighted by atomic mass is 35.5. The molecule has 0 aliphatic carbocycles. The van der Waals surface area contributed by atoms with E-state index in [9.17, 15) is 14.4 Å². The van der Waals surface area contributed by atoms with Crippen LogP contribution in [-0.4, -0.2) is 136 Å². The molecule has 2 N–H and O–H groups in total. The van der Waals surface area contributed by atoms with E-state index < -0.39 is 11.5 Å². The van der Waals surface area contributed by atoms with Crippen LogP contribution in [0.5, 0.6) is 5.75 Å². The minimum Gasteiger partial charge on any atom is -0.496 e. The Hall–Kier alpha value is -4.76. The number of amides is 3. The zero-order chi connectivity index (χ0) is 39.0. The van der Waals surface area contributed by atoms with Gasteiger partial charge < -0.3 is 29.9 Å². The summed E-state index contributed by atoms with van der Waals surface area (Å²) >= 11 is 12.8. The van der Waals surface area contributed by atoms with Gasteiger partial charge >= 0.3 is 12.0 Å². The fourth-order valence-corrected chi connectivity index (χ4v) is 7.79. The fraction of sp³-hybridized carbons (Fsp3) is 0.436. The lowest BCUT2D eigenvalue weighted by Gasteiger charge is -2.45. The average molecular weight is 793 g/mol. The van der Waals surface area contributed by atoms with Crippen molar-refractivity contribution in [2.45, 2.75) is 37.1 Å². The van der Waals surface area contributed by atoms with E-state index >= 15 is 0 Å². The number of aromatic nitrogens is 4. The molecule has 0 spiro atoms. The molecule has 4 aromatic rings. The van der Waals surface area contributed by atoms with Crippen molar-refractivity contribution in [1.29, 1.82) is 0 Å². The molecule has 2 aliphatic rings. The number of tetrazole rings is 1. The molecule has 3 aromatic carbocycles. The summed E-state index contributed by atoms with van der Waals surface area (Å²) in [7, 11) is 3.31. The zero-order valence-electron chi connectivity index (χ0n) is 31.1. The van der Waals surface area contributed by atoms with Gasteiger partial charge in [-0.25, -0.2) is 9.48 Å². The van der Waals surface area contributed by atoms with Gasteiger partial charge in [-0.05, 0) is 77.7 Å². The first-order valence-corrected chi connectivity index (χ1v) is 19.2. The number of piperazine rings is 1. The largest absolute Gasteiger partial charge is 0.496 e. The normalized spacial score (nSPS) is 16.7. The molecule has 2 aliphatic heterocycles. The average Bonchev–Trinajstić information content (AvgIpc) is 3.76. The maximum absolute atomic E-state index is 14.0. The van der Waals surface area contributed by atoms with Gasteiger partial charge in [-0.15, -0.1) is 5.10 Å². The van der Waals surface area contributed by atoms with Gasteiger partial charge in [0, 0.05) is 65.3 Å². The summed E-state index contributed by atoms with van der Waals surface area (Å²) in [5, 5.41) is 24.8. The first-order chi connectivity index (χ1) is 26.5. The number of benzene rings is 3. The van der Waals surface area contributed by atoms with Gasteiger partial charge in [-0.3, -0.25) is 14.5 Å². The van der Waals surface area contributed by atoms with Crippen LogP contribution in [0.1, 0.15) is 53.1 Å². The van der Waals surface area contributed by atoms with Crippen LogP contribution in [0.4, 0.5) is 4.79 Å². The second-order valence-corrected chi connectivity index (χ2v) is 15.0. The first-order valence-electron chi connectivity index (χ1n) is 18.5. The molecule has 55 heavy (non-hydrogen) atoms. The van der Waals surface area contributed by atoms with Crippen LogP contribution in [0.3, 0.4) is 0 Å². The van der Waals surface area contributed by atoms with Crippen LogP contribution in [0.2, 0.25) is 10.0 Å². The molecule has 3 amide bonds. The molecular formula is C39H47Cl2N9O5. The van der Waals surface area contributed by atoms with Crippen LogP contribution in [0, 0.1) is 0 Å². The smallest absolute Gasteiger partial charge is 0.318 e. The van der Waals surface area contributed by atoms with Crippen molar-refractivity contribution >= 4 is 41.1 Å².